The number of aromatic nitrogens is 2. The normalized spacial score (nSPS) is 16.4. The summed E-state index contributed by atoms with van der Waals surface area (Å²) in [5.41, 5.74) is 1.77. The molecular formula is C25H28N4O4. The molecule has 0 aliphatic carbocycles. The van der Waals surface area contributed by atoms with E-state index in [0.29, 0.717) is 42.8 Å². The summed E-state index contributed by atoms with van der Waals surface area (Å²) >= 11 is 0. The van der Waals surface area contributed by atoms with Crippen molar-refractivity contribution >= 4 is 11.9 Å². The van der Waals surface area contributed by atoms with Gasteiger partial charge in [-0.15, -0.1) is 0 Å². The molecule has 0 atom stereocenters. The summed E-state index contributed by atoms with van der Waals surface area (Å²) in [4.78, 5) is 26.6. The molecule has 8 nitrogen and oxygen atoms in total. The van der Waals surface area contributed by atoms with Crippen LogP contribution >= 0.6 is 0 Å². The van der Waals surface area contributed by atoms with Crippen molar-refractivity contribution in [1.29, 1.82) is 0 Å². The Morgan fingerprint density at radius 3 is 2.52 bits per heavy atom. The van der Waals surface area contributed by atoms with Gasteiger partial charge in [0.25, 0.3) is 5.91 Å². The van der Waals surface area contributed by atoms with Crippen LogP contribution in [0, 0.1) is 5.92 Å². The minimum atomic E-state index is -0.143. The highest BCUT2D eigenvalue weighted by molar-refractivity contribution is 5.91. The summed E-state index contributed by atoms with van der Waals surface area (Å²) in [6.45, 7) is 5.10. The number of carbonyl (C=O) groups excluding carboxylic acids is 1. The molecule has 1 aromatic carbocycles. The number of fused-ring (bicyclic) bond motifs is 1. The van der Waals surface area contributed by atoms with E-state index in [4.69, 9.17) is 23.9 Å². The predicted molar refractivity (Wildman–Crippen MR) is 123 cm³/mol. The Labute approximate surface area is 193 Å². The zero-order valence-corrected chi connectivity index (χ0v) is 19.0. The maximum atomic E-state index is 12.9. The smallest absolute Gasteiger partial charge is 0.289 e. The third kappa shape index (κ3) is 4.51. The van der Waals surface area contributed by atoms with Gasteiger partial charge in [0.2, 0.25) is 11.8 Å². The number of hydrogen-bond donors (Lipinski definition) is 0. The fraction of sp³-hybridized carbons (Fsp3) is 0.400. The minimum Gasteiger partial charge on any atom is -0.497 e. The van der Waals surface area contributed by atoms with E-state index in [1.54, 1.807) is 24.1 Å². The maximum Gasteiger partial charge on any atom is 0.289 e. The molecule has 0 radical (unpaired) electrons. The number of amides is 1. The van der Waals surface area contributed by atoms with Gasteiger partial charge in [0.1, 0.15) is 11.5 Å². The van der Waals surface area contributed by atoms with Crippen LogP contribution < -0.4 is 14.4 Å². The van der Waals surface area contributed by atoms with Gasteiger partial charge in [-0.3, -0.25) is 4.79 Å². The number of rotatable bonds is 5. The monoisotopic (exact) mass is 448 g/mol. The van der Waals surface area contributed by atoms with Gasteiger partial charge in [-0.2, -0.15) is 4.98 Å². The van der Waals surface area contributed by atoms with Gasteiger partial charge in [0, 0.05) is 26.1 Å². The summed E-state index contributed by atoms with van der Waals surface area (Å²) in [7, 11) is 1.63. The first-order valence-corrected chi connectivity index (χ1v) is 11.4. The first-order chi connectivity index (χ1) is 16.1. The number of ether oxygens (including phenoxy) is 2. The van der Waals surface area contributed by atoms with E-state index in [1.807, 2.05) is 24.3 Å². The molecule has 2 aliphatic rings. The third-order valence-corrected chi connectivity index (χ3v) is 6.37. The van der Waals surface area contributed by atoms with Gasteiger partial charge in [0.05, 0.1) is 31.2 Å². The number of nitrogens with zero attached hydrogens (tertiary/aromatic N) is 4. The fourth-order valence-corrected chi connectivity index (χ4v) is 4.29. The van der Waals surface area contributed by atoms with Gasteiger partial charge >= 0.3 is 0 Å². The number of hydrogen-bond acceptors (Lipinski definition) is 7. The zero-order valence-electron chi connectivity index (χ0n) is 19.0. The Hall–Kier alpha value is -3.55. The van der Waals surface area contributed by atoms with Gasteiger partial charge in [0.15, 0.2) is 5.76 Å². The van der Waals surface area contributed by atoms with E-state index in [9.17, 15) is 4.79 Å². The van der Waals surface area contributed by atoms with Crippen molar-refractivity contribution in [3.05, 3.63) is 59.7 Å². The van der Waals surface area contributed by atoms with Crippen molar-refractivity contribution in [2.45, 2.75) is 32.7 Å². The molecular weight excluding hydrogens is 420 g/mol. The van der Waals surface area contributed by atoms with Gasteiger partial charge in [-0.1, -0.05) is 6.92 Å². The molecule has 0 bridgehead atoms. The Morgan fingerprint density at radius 1 is 1.06 bits per heavy atom. The predicted octanol–water partition coefficient (Wildman–Crippen LogP) is 4.31. The number of benzene rings is 1. The van der Waals surface area contributed by atoms with E-state index in [1.165, 1.54) is 6.26 Å². The summed E-state index contributed by atoms with van der Waals surface area (Å²) in [5.74, 6) is 3.52. The lowest BCUT2D eigenvalue weighted by atomic mass is 9.99. The molecule has 5 rings (SSSR count). The Morgan fingerprint density at radius 2 is 1.82 bits per heavy atom. The highest BCUT2D eigenvalue weighted by Crippen LogP contribution is 2.33. The van der Waals surface area contributed by atoms with E-state index >= 15 is 0 Å². The van der Waals surface area contributed by atoms with Crippen LogP contribution in [0.25, 0.3) is 0 Å². The largest absolute Gasteiger partial charge is 0.497 e. The summed E-state index contributed by atoms with van der Waals surface area (Å²) in [6.07, 6.45) is 4.40. The van der Waals surface area contributed by atoms with Crippen LogP contribution in [-0.2, 0) is 13.0 Å². The van der Waals surface area contributed by atoms with Crippen LogP contribution in [0.2, 0.25) is 0 Å². The van der Waals surface area contributed by atoms with Crippen molar-refractivity contribution in [3.8, 4) is 17.4 Å². The molecule has 3 aromatic rings. The van der Waals surface area contributed by atoms with E-state index in [-0.39, 0.29) is 5.91 Å². The lowest BCUT2D eigenvalue weighted by Crippen LogP contribution is -2.38. The average Bonchev–Trinajstić information content (AvgIpc) is 3.39. The van der Waals surface area contributed by atoms with Crippen molar-refractivity contribution in [3.63, 3.8) is 0 Å². The number of anilines is 1. The molecule has 0 N–H and O–H groups in total. The first kappa shape index (κ1) is 21.3. The topological polar surface area (TPSA) is 80.9 Å². The highest BCUT2D eigenvalue weighted by atomic mass is 16.5. The van der Waals surface area contributed by atoms with Crippen molar-refractivity contribution in [1.82, 2.24) is 14.9 Å². The van der Waals surface area contributed by atoms with Gasteiger partial charge < -0.3 is 23.7 Å². The third-order valence-electron chi connectivity index (χ3n) is 6.37. The Balaban J connectivity index is 1.47. The van der Waals surface area contributed by atoms with E-state index < -0.39 is 0 Å². The molecule has 8 heteroatoms. The van der Waals surface area contributed by atoms with Crippen molar-refractivity contribution in [2.75, 3.05) is 31.6 Å². The first-order valence-electron chi connectivity index (χ1n) is 11.4. The molecule has 33 heavy (non-hydrogen) atoms. The van der Waals surface area contributed by atoms with Gasteiger partial charge in [-0.05, 0) is 55.2 Å². The van der Waals surface area contributed by atoms with Gasteiger partial charge in [-0.25, -0.2) is 4.98 Å². The summed E-state index contributed by atoms with van der Waals surface area (Å²) in [5, 5.41) is 0. The van der Waals surface area contributed by atoms with Crippen LogP contribution in [0.1, 0.15) is 41.6 Å². The molecule has 1 amide bonds. The van der Waals surface area contributed by atoms with Crippen LogP contribution in [-0.4, -0.2) is 47.5 Å². The zero-order chi connectivity index (χ0) is 22.8. The molecule has 1 fully saturated rings. The second-order valence-electron chi connectivity index (χ2n) is 8.66. The van der Waals surface area contributed by atoms with Crippen LogP contribution in [0.3, 0.4) is 0 Å². The number of piperidine rings is 1. The van der Waals surface area contributed by atoms with E-state index in [2.05, 4.69) is 11.8 Å². The number of methoxy groups -OCH3 is 1. The molecule has 2 aromatic heterocycles. The fourth-order valence-electron chi connectivity index (χ4n) is 4.29. The summed E-state index contributed by atoms with van der Waals surface area (Å²) < 4.78 is 16.8. The Kier molecular flexibility index (Phi) is 5.90. The van der Waals surface area contributed by atoms with Crippen molar-refractivity contribution < 1.29 is 18.7 Å². The molecule has 172 valence electrons. The lowest BCUT2D eigenvalue weighted by Gasteiger charge is -2.33. The van der Waals surface area contributed by atoms with E-state index in [0.717, 1.165) is 48.9 Å². The van der Waals surface area contributed by atoms with Crippen molar-refractivity contribution in [2.24, 2.45) is 5.92 Å². The second kappa shape index (κ2) is 9.13. The minimum absolute atomic E-state index is 0.143. The second-order valence-corrected chi connectivity index (χ2v) is 8.66. The van der Waals surface area contributed by atoms with Crippen LogP contribution in [0.5, 0.6) is 17.4 Å². The highest BCUT2D eigenvalue weighted by Gasteiger charge is 2.29. The number of furan rings is 1. The molecule has 1 saturated heterocycles. The SMILES string of the molecule is COc1ccc(Oc2nc(N3CCC(C)CC3)nc3c2CN(C(=O)c2ccco2)CC3)cc1. The maximum absolute atomic E-state index is 12.9. The molecule has 0 unspecified atom stereocenters. The molecule has 4 heterocycles. The molecule has 2 aliphatic heterocycles. The summed E-state index contributed by atoms with van der Waals surface area (Å²) in [6, 6.07) is 10.8. The molecule has 0 saturated carbocycles. The average molecular weight is 449 g/mol. The van der Waals surface area contributed by atoms with Crippen LogP contribution in [0.15, 0.2) is 47.1 Å². The van der Waals surface area contributed by atoms with Crippen LogP contribution in [0.4, 0.5) is 5.95 Å². The lowest BCUT2D eigenvalue weighted by molar-refractivity contribution is 0.0699. The Bertz CT molecular complexity index is 1110. The standard InChI is InChI=1S/C25H28N4O4/c1-17-9-12-28(13-10-17)25-26-21-11-14-29(24(30)22-4-3-15-32-22)16-20(21)23(27-25)33-19-7-5-18(31-2)6-8-19/h3-8,15,17H,9-14,16H2,1-2H3. The molecule has 0 spiro atoms. The quantitative estimate of drug-likeness (QED) is 0.575. The number of carbonyl (C=O) groups is 1.